The molecule has 0 fully saturated rings. The Hall–Kier alpha value is -1.19. The number of aliphatic imine (C=N–C) groups is 1. The highest BCUT2D eigenvalue weighted by molar-refractivity contribution is 9.10. The van der Waals surface area contributed by atoms with E-state index in [1.807, 2.05) is 0 Å². The summed E-state index contributed by atoms with van der Waals surface area (Å²) in [4.78, 5) is 13.2. The van der Waals surface area contributed by atoms with Gasteiger partial charge in [-0.15, -0.1) is 0 Å². The van der Waals surface area contributed by atoms with Crippen LogP contribution in [0.25, 0.3) is 0 Å². The Kier molecular flexibility index (Phi) is 3.61. The van der Waals surface area contributed by atoms with Gasteiger partial charge in [-0.05, 0) is 25.1 Å². The van der Waals surface area contributed by atoms with Crippen LogP contribution >= 0.6 is 15.9 Å². The summed E-state index contributed by atoms with van der Waals surface area (Å²) in [5.74, 6) is -1.79. The van der Waals surface area contributed by atoms with E-state index in [4.69, 9.17) is 4.74 Å². The van der Waals surface area contributed by atoms with Crippen molar-refractivity contribution in [3.63, 3.8) is 0 Å². The van der Waals surface area contributed by atoms with E-state index in [9.17, 15) is 9.18 Å². The van der Waals surface area contributed by atoms with Gasteiger partial charge in [0.15, 0.2) is 0 Å². The molecule has 0 radical (unpaired) electrons. The molecule has 0 aromatic heterocycles. The van der Waals surface area contributed by atoms with E-state index in [1.54, 1.807) is 12.1 Å². The van der Waals surface area contributed by atoms with E-state index in [2.05, 4.69) is 20.9 Å². The molecule has 0 aliphatic heterocycles. The maximum absolute atomic E-state index is 13.9. The summed E-state index contributed by atoms with van der Waals surface area (Å²) in [5.41, 5.74) is 0.183. The molecule has 1 rings (SSSR count). The highest BCUT2D eigenvalue weighted by atomic mass is 79.9. The Morgan fingerprint density at radius 3 is 2.80 bits per heavy atom. The minimum atomic E-state index is -2.13. The van der Waals surface area contributed by atoms with Gasteiger partial charge in [0.2, 0.25) is 11.9 Å². The molecule has 1 aromatic rings. The molecule has 1 unspecified atom stereocenters. The Morgan fingerprint density at radius 1 is 1.60 bits per heavy atom. The van der Waals surface area contributed by atoms with Gasteiger partial charge in [0.25, 0.3) is 0 Å². The fourth-order valence-corrected chi connectivity index (χ4v) is 1.54. The zero-order valence-corrected chi connectivity index (χ0v) is 9.84. The molecule has 3 nitrogen and oxygen atoms in total. The predicted octanol–water partition coefficient (Wildman–Crippen LogP) is 2.94. The number of isocyanates is 1. The third-order valence-corrected chi connectivity index (χ3v) is 2.40. The second kappa shape index (κ2) is 4.55. The fraction of sp³-hybridized carbons (Fsp3) is 0.300. The lowest BCUT2D eigenvalue weighted by atomic mass is 10.1. The number of hydrogen-bond donors (Lipinski definition) is 0. The first-order valence-electron chi connectivity index (χ1n) is 4.13. The van der Waals surface area contributed by atoms with Crippen molar-refractivity contribution in [1.82, 2.24) is 0 Å². The van der Waals surface area contributed by atoms with Gasteiger partial charge in [0, 0.05) is 4.47 Å². The summed E-state index contributed by atoms with van der Waals surface area (Å²) >= 11 is 3.21. The third kappa shape index (κ3) is 2.64. The van der Waals surface area contributed by atoms with E-state index >= 15 is 0 Å². The Labute approximate surface area is 95.1 Å². The molecule has 1 atom stereocenters. The van der Waals surface area contributed by atoms with Crippen LogP contribution < -0.4 is 4.74 Å². The van der Waals surface area contributed by atoms with Crippen LogP contribution in [0.15, 0.2) is 27.7 Å². The average molecular weight is 274 g/mol. The topological polar surface area (TPSA) is 38.7 Å². The monoisotopic (exact) mass is 273 g/mol. The first-order valence-corrected chi connectivity index (χ1v) is 4.92. The SMILES string of the molecule is COc1ccc(Br)cc1C(C)(F)N=C=O. The number of halogens is 2. The molecule has 0 saturated heterocycles. The minimum absolute atomic E-state index is 0.183. The van der Waals surface area contributed by atoms with Crippen LogP contribution in [0.3, 0.4) is 0 Å². The first kappa shape index (κ1) is 11.9. The maximum Gasteiger partial charge on any atom is 0.238 e. The normalized spacial score (nSPS) is 13.9. The quantitative estimate of drug-likeness (QED) is 0.483. The molecule has 0 bridgehead atoms. The van der Waals surface area contributed by atoms with Crippen LogP contribution in [0.1, 0.15) is 12.5 Å². The maximum atomic E-state index is 13.9. The van der Waals surface area contributed by atoms with Crippen molar-refractivity contribution in [2.45, 2.75) is 12.7 Å². The molecule has 0 N–H and O–H groups in total. The predicted molar refractivity (Wildman–Crippen MR) is 57.3 cm³/mol. The van der Waals surface area contributed by atoms with Crippen molar-refractivity contribution < 1.29 is 13.9 Å². The lowest BCUT2D eigenvalue weighted by molar-refractivity contribution is 0.199. The molecule has 0 aliphatic carbocycles. The van der Waals surface area contributed by atoms with Crippen molar-refractivity contribution in [3.8, 4) is 5.75 Å². The number of ether oxygens (including phenoxy) is 1. The second-order valence-corrected chi connectivity index (χ2v) is 3.92. The summed E-state index contributed by atoms with van der Waals surface area (Å²) in [6.45, 7) is 1.17. The van der Waals surface area contributed by atoms with E-state index in [-0.39, 0.29) is 5.56 Å². The highest BCUT2D eigenvalue weighted by Gasteiger charge is 2.28. The van der Waals surface area contributed by atoms with E-state index < -0.39 is 5.79 Å². The number of hydrogen-bond acceptors (Lipinski definition) is 3. The van der Waals surface area contributed by atoms with Crippen molar-refractivity contribution in [1.29, 1.82) is 0 Å². The summed E-state index contributed by atoms with van der Waals surface area (Å²) in [6.07, 6.45) is 1.21. The van der Waals surface area contributed by atoms with E-state index in [0.29, 0.717) is 10.2 Å². The van der Waals surface area contributed by atoms with Gasteiger partial charge in [-0.1, -0.05) is 15.9 Å². The summed E-state index contributed by atoms with van der Waals surface area (Å²) < 4.78 is 19.6. The smallest absolute Gasteiger partial charge is 0.238 e. The van der Waals surface area contributed by atoms with Gasteiger partial charge in [-0.25, -0.2) is 9.18 Å². The standard InChI is InChI=1S/C10H9BrFNO2/c1-10(12,13-6-14)8-5-7(11)3-4-9(8)15-2/h3-5H,1-2H3. The molecular formula is C10H9BrFNO2. The second-order valence-electron chi connectivity index (χ2n) is 3.00. The molecule has 0 amide bonds. The number of methoxy groups -OCH3 is 1. The van der Waals surface area contributed by atoms with Crippen LogP contribution in [-0.2, 0) is 10.6 Å². The summed E-state index contributed by atoms with van der Waals surface area (Å²) in [6, 6.07) is 4.82. The van der Waals surface area contributed by atoms with Crippen LogP contribution in [0, 0.1) is 0 Å². The summed E-state index contributed by atoms with van der Waals surface area (Å²) in [5, 5.41) is 0. The zero-order valence-electron chi connectivity index (χ0n) is 8.25. The lowest BCUT2D eigenvalue weighted by Gasteiger charge is -2.17. The van der Waals surface area contributed by atoms with Gasteiger partial charge in [0.1, 0.15) is 5.75 Å². The number of alkyl halides is 1. The molecule has 5 heteroatoms. The van der Waals surface area contributed by atoms with Crippen molar-refractivity contribution in [2.75, 3.05) is 7.11 Å². The van der Waals surface area contributed by atoms with Crippen LogP contribution in [-0.4, -0.2) is 13.2 Å². The number of benzene rings is 1. The van der Waals surface area contributed by atoms with Crippen molar-refractivity contribution in [3.05, 3.63) is 28.2 Å². The minimum Gasteiger partial charge on any atom is -0.496 e. The van der Waals surface area contributed by atoms with Gasteiger partial charge >= 0.3 is 0 Å². The van der Waals surface area contributed by atoms with E-state index in [0.717, 1.165) is 0 Å². The summed E-state index contributed by atoms with van der Waals surface area (Å²) in [7, 11) is 1.42. The molecule has 0 aliphatic rings. The third-order valence-electron chi connectivity index (χ3n) is 1.91. The molecule has 0 saturated carbocycles. The van der Waals surface area contributed by atoms with Crippen molar-refractivity contribution >= 4 is 22.0 Å². The van der Waals surface area contributed by atoms with Gasteiger partial charge in [-0.2, -0.15) is 4.99 Å². The van der Waals surface area contributed by atoms with Gasteiger partial charge in [0.05, 0.1) is 12.7 Å². The Balaban J connectivity index is 3.33. The number of carbonyl (C=O) groups excluding carboxylic acids is 1. The van der Waals surface area contributed by atoms with Crippen LogP contribution in [0.5, 0.6) is 5.75 Å². The first-order chi connectivity index (χ1) is 7.01. The average Bonchev–Trinajstić information content (AvgIpc) is 2.17. The van der Waals surface area contributed by atoms with E-state index in [1.165, 1.54) is 26.2 Å². The Morgan fingerprint density at radius 2 is 2.27 bits per heavy atom. The molecule has 0 heterocycles. The van der Waals surface area contributed by atoms with Crippen LogP contribution in [0.2, 0.25) is 0 Å². The number of nitrogens with zero attached hydrogens (tertiary/aromatic N) is 1. The van der Waals surface area contributed by atoms with Gasteiger partial charge in [-0.3, -0.25) is 0 Å². The largest absolute Gasteiger partial charge is 0.496 e. The lowest BCUT2D eigenvalue weighted by Crippen LogP contribution is -2.13. The molecular weight excluding hydrogens is 265 g/mol. The molecule has 15 heavy (non-hydrogen) atoms. The van der Waals surface area contributed by atoms with Crippen molar-refractivity contribution in [2.24, 2.45) is 4.99 Å². The molecule has 0 spiro atoms. The molecule has 1 aromatic carbocycles. The van der Waals surface area contributed by atoms with Gasteiger partial charge < -0.3 is 4.74 Å². The Bertz CT molecular complexity index is 414. The molecule has 80 valence electrons. The fourth-order valence-electron chi connectivity index (χ4n) is 1.18. The highest BCUT2D eigenvalue weighted by Crippen LogP contribution is 2.35. The van der Waals surface area contributed by atoms with Crippen LogP contribution in [0.4, 0.5) is 4.39 Å². The zero-order chi connectivity index (χ0) is 11.5. The number of rotatable bonds is 3.